The molecule has 2 rings (SSSR count). The lowest BCUT2D eigenvalue weighted by Crippen LogP contribution is -2.32. The van der Waals surface area contributed by atoms with E-state index in [-0.39, 0.29) is 6.10 Å². The summed E-state index contributed by atoms with van der Waals surface area (Å²) in [5.74, 6) is 1.59. The Balaban J connectivity index is 1.91. The predicted molar refractivity (Wildman–Crippen MR) is 75.7 cm³/mol. The third kappa shape index (κ3) is 4.13. The highest BCUT2D eigenvalue weighted by Crippen LogP contribution is 2.30. The average Bonchev–Trinajstić information content (AvgIpc) is 2.84. The summed E-state index contributed by atoms with van der Waals surface area (Å²) in [6, 6.07) is 7.65. The van der Waals surface area contributed by atoms with E-state index in [1.807, 2.05) is 24.3 Å². The van der Waals surface area contributed by atoms with Crippen LogP contribution in [0.15, 0.2) is 24.3 Å². The number of benzene rings is 1. The molecular formula is C16H24O3. The van der Waals surface area contributed by atoms with Crippen LogP contribution in [0.1, 0.15) is 46.0 Å². The van der Waals surface area contributed by atoms with Crippen molar-refractivity contribution in [3.63, 3.8) is 0 Å². The van der Waals surface area contributed by atoms with E-state index in [1.54, 1.807) is 0 Å². The minimum atomic E-state index is -0.631. The van der Waals surface area contributed by atoms with Gasteiger partial charge in [-0.15, -0.1) is 0 Å². The third-order valence-electron chi connectivity index (χ3n) is 3.76. The van der Waals surface area contributed by atoms with Crippen molar-refractivity contribution in [3.05, 3.63) is 24.3 Å². The summed E-state index contributed by atoms with van der Waals surface area (Å²) >= 11 is 0. The number of hydrogen-bond acceptors (Lipinski definition) is 3. The van der Waals surface area contributed by atoms with Crippen molar-refractivity contribution in [1.82, 2.24) is 0 Å². The lowest BCUT2D eigenvalue weighted by molar-refractivity contribution is 0.00131. The molecule has 106 valence electrons. The minimum Gasteiger partial charge on any atom is -0.491 e. The maximum absolute atomic E-state index is 10.2. The molecule has 0 aliphatic heterocycles. The van der Waals surface area contributed by atoms with Crippen LogP contribution in [0.4, 0.5) is 0 Å². The van der Waals surface area contributed by atoms with Crippen molar-refractivity contribution >= 4 is 0 Å². The van der Waals surface area contributed by atoms with E-state index in [1.165, 1.54) is 0 Å². The third-order valence-corrected chi connectivity index (χ3v) is 3.76. The number of rotatable bonds is 6. The Bertz CT molecular complexity index is 397. The van der Waals surface area contributed by atoms with Gasteiger partial charge >= 0.3 is 0 Å². The molecule has 0 saturated heterocycles. The van der Waals surface area contributed by atoms with E-state index in [4.69, 9.17) is 9.47 Å². The fraction of sp³-hybridized carbons (Fsp3) is 0.625. The highest BCUT2D eigenvalue weighted by Gasteiger charge is 2.31. The summed E-state index contributed by atoms with van der Waals surface area (Å²) in [5, 5.41) is 10.2. The van der Waals surface area contributed by atoms with E-state index < -0.39 is 5.60 Å². The molecule has 1 aliphatic carbocycles. The standard InChI is InChI=1S/C16H24O3/c1-3-13(2)19-15-8-6-7-14(11-15)18-12-16(17)9-4-5-10-16/h6-8,11,13,17H,3-5,9-10,12H2,1-2H3/t13-/m0/s1. The SMILES string of the molecule is CC[C@H](C)Oc1cccc(OCC2(O)CCCC2)c1. The second kappa shape index (κ2) is 6.29. The van der Waals surface area contributed by atoms with Gasteiger partial charge in [0.1, 0.15) is 18.1 Å². The summed E-state index contributed by atoms with van der Waals surface area (Å²) in [5.41, 5.74) is -0.631. The van der Waals surface area contributed by atoms with Crippen LogP contribution in [-0.2, 0) is 0 Å². The molecule has 1 atom stereocenters. The van der Waals surface area contributed by atoms with Gasteiger partial charge in [0.05, 0.1) is 11.7 Å². The van der Waals surface area contributed by atoms with Crippen LogP contribution in [0.2, 0.25) is 0 Å². The predicted octanol–water partition coefficient (Wildman–Crippen LogP) is 3.55. The molecule has 1 fully saturated rings. The summed E-state index contributed by atoms with van der Waals surface area (Å²) in [6.07, 6.45) is 5.06. The van der Waals surface area contributed by atoms with Crippen molar-refractivity contribution in [2.75, 3.05) is 6.61 Å². The Morgan fingerprint density at radius 1 is 1.26 bits per heavy atom. The minimum absolute atomic E-state index is 0.203. The zero-order valence-electron chi connectivity index (χ0n) is 11.9. The van der Waals surface area contributed by atoms with E-state index in [9.17, 15) is 5.11 Å². The van der Waals surface area contributed by atoms with Crippen LogP contribution < -0.4 is 9.47 Å². The molecule has 1 saturated carbocycles. The normalized spacial score (nSPS) is 19.1. The maximum atomic E-state index is 10.2. The van der Waals surface area contributed by atoms with Gasteiger partial charge in [-0.3, -0.25) is 0 Å². The van der Waals surface area contributed by atoms with Gasteiger partial charge in [-0.2, -0.15) is 0 Å². The Kier molecular flexibility index (Phi) is 4.70. The molecule has 0 heterocycles. The maximum Gasteiger partial charge on any atom is 0.123 e. The molecule has 0 bridgehead atoms. The van der Waals surface area contributed by atoms with E-state index in [0.717, 1.165) is 43.6 Å². The number of ether oxygens (including phenoxy) is 2. The monoisotopic (exact) mass is 264 g/mol. The molecule has 1 N–H and O–H groups in total. The zero-order valence-corrected chi connectivity index (χ0v) is 11.9. The van der Waals surface area contributed by atoms with Crippen LogP contribution in [-0.4, -0.2) is 23.4 Å². The average molecular weight is 264 g/mol. The van der Waals surface area contributed by atoms with E-state index in [0.29, 0.717) is 6.61 Å². The molecule has 0 aromatic heterocycles. The molecule has 0 radical (unpaired) electrons. The van der Waals surface area contributed by atoms with Gasteiger partial charge in [0.25, 0.3) is 0 Å². The molecule has 1 aromatic rings. The second-order valence-corrected chi connectivity index (χ2v) is 5.53. The molecule has 1 aliphatic rings. The summed E-state index contributed by atoms with van der Waals surface area (Å²) in [6.45, 7) is 4.52. The van der Waals surface area contributed by atoms with Gasteiger partial charge in [-0.25, -0.2) is 0 Å². The van der Waals surface area contributed by atoms with Crippen molar-refractivity contribution in [1.29, 1.82) is 0 Å². The first-order valence-corrected chi connectivity index (χ1v) is 7.23. The van der Waals surface area contributed by atoms with Gasteiger partial charge in [-0.05, 0) is 38.3 Å². The van der Waals surface area contributed by atoms with Crippen molar-refractivity contribution in [3.8, 4) is 11.5 Å². The van der Waals surface area contributed by atoms with Crippen LogP contribution in [0, 0.1) is 0 Å². The topological polar surface area (TPSA) is 38.7 Å². The second-order valence-electron chi connectivity index (χ2n) is 5.53. The lowest BCUT2D eigenvalue weighted by atomic mass is 10.0. The Morgan fingerprint density at radius 2 is 1.95 bits per heavy atom. The Morgan fingerprint density at radius 3 is 2.63 bits per heavy atom. The van der Waals surface area contributed by atoms with Crippen LogP contribution >= 0.6 is 0 Å². The highest BCUT2D eigenvalue weighted by atomic mass is 16.5. The zero-order chi connectivity index (χ0) is 13.7. The van der Waals surface area contributed by atoms with Crippen LogP contribution in [0.25, 0.3) is 0 Å². The van der Waals surface area contributed by atoms with Gasteiger partial charge in [0.15, 0.2) is 0 Å². The molecule has 19 heavy (non-hydrogen) atoms. The molecule has 0 amide bonds. The Labute approximate surface area is 115 Å². The molecule has 1 aromatic carbocycles. The highest BCUT2D eigenvalue weighted by molar-refractivity contribution is 5.33. The van der Waals surface area contributed by atoms with Gasteiger partial charge in [0, 0.05) is 6.07 Å². The summed E-state index contributed by atoms with van der Waals surface area (Å²) in [7, 11) is 0. The molecule has 3 heteroatoms. The first-order chi connectivity index (χ1) is 9.11. The fourth-order valence-electron chi connectivity index (χ4n) is 2.35. The van der Waals surface area contributed by atoms with Crippen molar-refractivity contribution < 1.29 is 14.6 Å². The molecule has 0 unspecified atom stereocenters. The van der Waals surface area contributed by atoms with Gasteiger partial charge in [-0.1, -0.05) is 25.8 Å². The van der Waals surface area contributed by atoms with Gasteiger partial charge < -0.3 is 14.6 Å². The first kappa shape index (κ1) is 14.2. The van der Waals surface area contributed by atoms with Crippen LogP contribution in [0.3, 0.4) is 0 Å². The fourth-order valence-corrected chi connectivity index (χ4v) is 2.35. The molecule has 0 spiro atoms. The van der Waals surface area contributed by atoms with E-state index >= 15 is 0 Å². The van der Waals surface area contributed by atoms with E-state index in [2.05, 4.69) is 13.8 Å². The smallest absolute Gasteiger partial charge is 0.123 e. The molecule has 3 nitrogen and oxygen atoms in total. The Hall–Kier alpha value is -1.22. The molecular weight excluding hydrogens is 240 g/mol. The largest absolute Gasteiger partial charge is 0.491 e. The summed E-state index contributed by atoms with van der Waals surface area (Å²) in [4.78, 5) is 0. The number of hydrogen-bond donors (Lipinski definition) is 1. The van der Waals surface area contributed by atoms with Crippen molar-refractivity contribution in [2.24, 2.45) is 0 Å². The van der Waals surface area contributed by atoms with Gasteiger partial charge in [0.2, 0.25) is 0 Å². The van der Waals surface area contributed by atoms with Crippen molar-refractivity contribution in [2.45, 2.75) is 57.7 Å². The quantitative estimate of drug-likeness (QED) is 0.854. The summed E-state index contributed by atoms with van der Waals surface area (Å²) < 4.78 is 11.5. The first-order valence-electron chi connectivity index (χ1n) is 7.23. The number of aliphatic hydroxyl groups is 1. The van der Waals surface area contributed by atoms with Crippen LogP contribution in [0.5, 0.6) is 11.5 Å². The lowest BCUT2D eigenvalue weighted by Gasteiger charge is -2.22.